The first-order valence-electron chi connectivity index (χ1n) is 5.03. The van der Waals surface area contributed by atoms with E-state index in [0.29, 0.717) is 0 Å². The number of hydrogen-bond acceptors (Lipinski definition) is 1. The molecule has 1 aliphatic heterocycles. The smallest absolute Gasteiger partial charge is 0.0468 e. The molecule has 1 aliphatic carbocycles. The van der Waals surface area contributed by atoms with Crippen molar-refractivity contribution in [3.63, 3.8) is 0 Å². The summed E-state index contributed by atoms with van der Waals surface area (Å²) in [5.41, 5.74) is 0. The Hall–Kier alpha value is -0.0400. The van der Waals surface area contributed by atoms with Gasteiger partial charge in [-0.25, -0.2) is 0 Å². The van der Waals surface area contributed by atoms with E-state index in [1.165, 1.54) is 38.5 Å². The summed E-state index contributed by atoms with van der Waals surface area (Å²) in [6.45, 7) is 2.05. The average molecular weight is 154 g/mol. The summed E-state index contributed by atoms with van der Waals surface area (Å²) in [6.07, 6.45) is 8.59. The summed E-state index contributed by atoms with van der Waals surface area (Å²) in [4.78, 5) is 0. The maximum Gasteiger partial charge on any atom is 0.0468 e. The molecule has 2 atom stereocenters. The molecule has 0 N–H and O–H groups in total. The van der Waals surface area contributed by atoms with Crippen LogP contribution in [-0.2, 0) is 4.74 Å². The van der Waals surface area contributed by atoms with Crippen LogP contribution in [-0.4, -0.2) is 13.2 Å². The van der Waals surface area contributed by atoms with Gasteiger partial charge in [0.2, 0.25) is 0 Å². The predicted molar refractivity (Wildman–Crippen MR) is 45.5 cm³/mol. The quantitative estimate of drug-likeness (QED) is 0.521. The Balaban J connectivity index is 1.90. The maximum absolute atomic E-state index is 5.51. The van der Waals surface area contributed by atoms with E-state index in [4.69, 9.17) is 4.74 Å². The summed E-state index contributed by atoms with van der Waals surface area (Å²) in [6, 6.07) is 0. The Kier molecular flexibility index (Phi) is 2.47. The SMILES string of the molecule is C1CC2CCOCCC(C1)C2. The maximum atomic E-state index is 5.51. The fourth-order valence-corrected chi connectivity index (χ4v) is 2.53. The molecular weight excluding hydrogens is 136 g/mol. The molecule has 0 aromatic carbocycles. The fourth-order valence-electron chi connectivity index (χ4n) is 2.53. The molecule has 1 saturated heterocycles. The minimum atomic E-state index is 1.01. The van der Waals surface area contributed by atoms with Crippen molar-refractivity contribution < 1.29 is 4.74 Å². The van der Waals surface area contributed by atoms with Gasteiger partial charge in [0.1, 0.15) is 0 Å². The van der Waals surface area contributed by atoms with Gasteiger partial charge in [-0.1, -0.05) is 19.3 Å². The molecule has 0 spiro atoms. The summed E-state index contributed by atoms with van der Waals surface area (Å²) < 4.78 is 5.51. The molecule has 0 aromatic rings. The van der Waals surface area contributed by atoms with Gasteiger partial charge in [-0.15, -0.1) is 0 Å². The second-order valence-electron chi connectivity index (χ2n) is 4.09. The van der Waals surface area contributed by atoms with Gasteiger partial charge >= 0.3 is 0 Å². The van der Waals surface area contributed by atoms with Gasteiger partial charge in [0.05, 0.1) is 0 Å². The lowest BCUT2D eigenvalue weighted by Gasteiger charge is -2.31. The highest BCUT2D eigenvalue weighted by atomic mass is 16.5. The topological polar surface area (TPSA) is 9.23 Å². The largest absolute Gasteiger partial charge is 0.381 e. The molecule has 11 heavy (non-hydrogen) atoms. The van der Waals surface area contributed by atoms with Crippen LogP contribution in [0.4, 0.5) is 0 Å². The van der Waals surface area contributed by atoms with Crippen molar-refractivity contribution in [2.75, 3.05) is 13.2 Å². The van der Waals surface area contributed by atoms with Crippen LogP contribution in [0, 0.1) is 11.8 Å². The Morgan fingerprint density at radius 3 is 2.09 bits per heavy atom. The van der Waals surface area contributed by atoms with Gasteiger partial charge in [-0.05, 0) is 31.1 Å². The van der Waals surface area contributed by atoms with E-state index in [9.17, 15) is 0 Å². The molecule has 2 unspecified atom stereocenters. The number of rotatable bonds is 0. The Labute approximate surface area is 69.1 Å². The molecule has 2 aliphatic rings. The Bertz CT molecular complexity index is 110. The second kappa shape index (κ2) is 3.57. The van der Waals surface area contributed by atoms with Gasteiger partial charge in [-0.3, -0.25) is 0 Å². The van der Waals surface area contributed by atoms with Crippen LogP contribution in [0.5, 0.6) is 0 Å². The van der Waals surface area contributed by atoms with Crippen molar-refractivity contribution in [3.05, 3.63) is 0 Å². The van der Waals surface area contributed by atoms with Gasteiger partial charge in [-0.2, -0.15) is 0 Å². The van der Waals surface area contributed by atoms with Crippen molar-refractivity contribution in [3.8, 4) is 0 Å². The van der Waals surface area contributed by atoms with Crippen LogP contribution >= 0.6 is 0 Å². The van der Waals surface area contributed by atoms with Crippen molar-refractivity contribution in [2.24, 2.45) is 11.8 Å². The average Bonchev–Trinajstić information content (AvgIpc) is 2.02. The minimum absolute atomic E-state index is 1.01. The van der Waals surface area contributed by atoms with E-state index >= 15 is 0 Å². The molecule has 1 nitrogen and oxygen atoms in total. The Morgan fingerprint density at radius 2 is 1.45 bits per heavy atom. The number of fused-ring (bicyclic) bond motifs is 2. The zero-order chi connectivity index (χ0) is 7.52. The minimum Gasteiger partial charge on any atom is -0.381 e. The Morgan fingerprint density at radius 1 is 0.818 bits per heavy atom. The summed E-state index contributed by atoms with van der Waals surface area (Å²) in [5, 5.41) is 0. The first-order chi connectivity index (χ1) is 5.45. The van der Waals surface area contributed by atoms with Crippen molar-refractivity contribution in [1.82, 2.24) is 0 Å². The van der Waals surface area contributed by atoms with Crippen LogP contribution in [0.2, 0.25) is 0 Å². The summed E-state index contributed by atoms with van der Waals surface area (Å²) >= 11 is 0. The van der Waals surface area contributed by atoms with Crippen molar-refractivity contribution in [1.29, 1.82) is 0 Å². The summed E-state index contributed by atoms with van der Waals surface area (Å²) in [7, 11) is 0. The van der Waals surface area contributed by atoms with Gasteiger partial charge in [0.25, 0.3) is 0 Å². The molecule has 0 aromatic heterocycles. The second-order valence-corrected chi connectivity index (χ2v) is 4.09. The van der Waals surface area contributed by atoms with Crippen LogP contribution in [0.1, 0.15) is 38.5 Å². The molecule has 0 amide bonds. The van der Waals surface area contributed by atoms with E-state index in [1.54, 1.807) is 0 Å². The molecule has 1 saturated carbocycles. The molecular formula is C10H18O. The zero-order valence-electron chi connectivity index (χ0n) is 7.22. The van der Waals surface area contributed by atoms with E-state index in [2.05, 4.69) is 0 Å². The van der Waals surface area contributed by atoms with Gasteiger partial charge < -0.3 is 4.74 Å². The van der Waals surface area contributed by atoms with Crippen LogP contribution in [0.15, 0.2) is 0 Å². The molecule has 64 valence electrons. The lowest BCUT2D eigenvalue weighted by atomic mass is 9.78. The molecule has 2 rings (SSSR count). The molecule has 1 heteroatoms. The van der Waals surface area contributed by atoms with Crippen molar-refractivity contribution >= 4 is 0 Å². The molecule has 2 fully saturated rings. The highest BCUT2D eigenvalue weighted by Gasteiger charge is 2.22. The fraction of sp³-hybridized carbons (Fsp3) is 1.00. The molecule has 0 radical (unpaired) electrons. The number of hydrogen-bond donors (Lipinski definition) is 0. The molecule has 2 bridgehead atoms. The van der Waals surface area contributed by atoms with Crippen LogP contribution in [0.3, 0.4) is 0 Å². The zero-order valence-corrected chi connectivity index (χ0v) is 7.22. The number of ether oxygens (including phenoxy) is 1. The highest BCUT2D eigenvalue weighted by Crippen LogP contribution is 2.34. The third kappa shape index (κ3) is 1.96. The first-order valence-corrected chi connectivity index (χ1v) is 5.03. The van der Waals surface area contributed by atoms with E-state index in [1.807, 2.05) is 0 Å². The van der Waals surface area contributed by atoms with Crippen LogP contribution in [0.25, 0.3) is 0 Å². The highest BCUT2D eigenvalue weighted by molar-refractivity contribution is 4.74. The van der Waals surface area contributed by atoms with E-state index in [-0.39, 0.29) is 0 Å². The monoisotopic (exact) mass is 154 g/mol. The van der Waals surface area contributed by atoms with Gasteiger partial charge in [0, 0.05) is 13.2 Å². The van der Waals surface area contributed by atoms with Crippen molar-refractivity contribution in [2.45, 2.75) is 38.5 Å². The molecule has 1 heterocycles. The predicted octanol–water partition coefficient (Wildman–Crippen LogP) is 2.60. The lowest BCUT2D eigenvalue weighted by Crippen LogP contribution is -2.21. The van der Waals surface area contributed by atoms with Gasteiger partial charge in [0.15, 0.2) is 0 Å². The van der Waals surface area contributed by atoms with Crippen LogP contribution < -0.4 is 0 Å². The standard InChI is InChI=1S/C10H18O/c1-2-9-4-6-11-7-5-10(3-1)8-9/h9-10H,1-8H2. The lowest BCUT2D eigenvalue weighted by molar-refractivity contribution is 0.0645. The summed E-state index contributed by atoms with van der Waals surface area (Å²) in [5.74, 6) is 2.02. The third-order valence-electron chi connectivity index (χ3n) is 3.23. The normalized spacial score (nSPS) is 39.3. The van der Waals surface area contributed by atoms with E-state index < -0.39 is 0 Å². The third-order valence-corrected chi connectivity index (χ3v) is 3.23. The first kappa shape index (κ1) is 7.60. The van der Waals surface area contributed by atoms with E-state index in [0.717, 1.165) is 25.0 Å².